The molecule has 0 atom stereocenters. The van der Waals surface area contributed by atoms with Crippen LogP contribution in [0.25, 0.3) is 11.5 Å². The van der Waals surface area contributed by atoms with Crippen molar-refractivity contribution in [1.82, 2.24) is 9.78 Å². The summed E-state index contributed by atoms with van der Waals surface area (Å²) in [4.78, 5) is 0. The Morgan fingerprint density at radius 2 is 2.47 bits per heavy atom. The van der Waals surface area contributed by atoms with Crippen molar-refractivity contribution in [1.29, 1.82) is 0 Å². The predicted molar refractivity (Wildman–Crippen MR) is 55.8 cm³/mol. The fourth-order valence-electron chi connectivity index (χ4n) is 1.58. The number of nitrogens with one attached hydrogen (secondary N) is 1. The normalized spacial score (nSPS) is 14.3. The van der Waals surface area contributed by atoms with Crippen LogP contribution in [0.1, 0.15) is 0 Å². The van der Waals surface area contributed by atoms with Crippen molar-refractivity contribution in [2.75, 3.05) is 5.32 Å². The van der Waals surface area contributed by atoms with Crippen LogP contribution in [0.15, 0.2) is 40.8 Å². The van der Waals surface area contributed by atoms with E-state index >= 15 is 0 Å². The predicted octanol–water partition coefficient (Wildman–Crippen LogP) is 1.37. The third-order valence-corrected chi connectivity index (χ3v) is 2.29. The van der Waals surface area contributed by atoms with E-state index in [1.165, 1.54) is 0 Å². The second-order valence-corrected chi connectivity index (χ2v) is 3.41. The van der Waals surface area contributed by atoms with E-state index in [1.807, 2.05) is 22.9 Å². The lowest BCUT2D eigenvalue weighted by atomic mass is 10.3. The molecule has 0 radical (unpaired) electrons. The number of hydrogen-bond acceptors (Lipinski definition) is 4. The molecule has 0 saturated heterocycles. The maximum Gasteiger partial charge on any atom is 0.154 e. The number of hydrogen-bond donors (Lipinski definition) is 2. The molecule has 3 N–H and O–H groups in total. The van der Waals surface area contributed by atoms with E-state index in [0.717, 1.165) is 23.0 Å². The number of rotatable bonds is 1. The summed E-state index contributed by atoms with van der Waals surface area (Å²) in [7, 11) is 0. The number of nitrogens with zero attached hydrogens (tertiary/aromatic N) is 2. The summed E-state index contributed by atoms with van der Waals surface area (Å²) in [5.74, 6) is 1.69. The highest BCUT2D eigenvalue weighted by Crippen LogP contribution is 2.24. The summed E-state index contributed by atoms with van der Waals surface area (Å²) in [6.45, 7) is 0.614. The van der Waals surface area contributed by atoms with Crippen molar-refractivity contribution in [3.8, 4) is 11.5 Å². The lowest BCUT2D eigenvalue weighted by molar-refractivity contribution is 0.576. The smallest absolute Gasteiger partial charge is 0.154 e. The molecule has 0 bridgehead atoms. The third-order valence-electron chi connectivity index (χ3n) is 2.29. The number of anilines is 1. The molecule has 15 heavy (non-hydrogen) atoms. The van der Waals surface area contributed by atoms with Crippen molar-refractivity contribution in [3.63, 3.8) is 0 Å². The van der Waals surface area contributed by atoms with Crippen LogP contribution in [0.4, 0.5) is 5.82 Å². The summed E-state index contributed by atoms with van der Waals surface area (Å²) in [6, 6.07) is 5.65. The van der Waals surface area contributed by atoms with E-state index in [0.29, 0.717) is 6.54 Å². The van der Waals surface area contributed by atoms with Gasteiger partial charge >= 0.3 is 0 Å². The van der Waals surface area contributed by atoms with Gasteiger partial charge in [0.1, 0.15) is 11.5 Å². The maximum absolute atomic E-state index is 5.69. The highest BCUT2D eigenvalue weighted by Gasteiger charge is 2.13. The number of allylic oxidation sites excluding steroid dienone is 1. The first-order chi connectivity index (χ1) is 7.33. The highest BCUT2D eigenvalue weighted by molar-refractivity contribution is 5.59. The Kier molecular flexibility index (Phi) is 1.58. The van der Waals surface area contributed by atoms with Crippen LogP contribution in [0.3, 0.4) is 0 Å². The quantitative estimate of drug-likeness (QED) is 0.732. The zero-order chi connectivity index (χ0) is 10.3. The molecule has 1 aliphatic rings. The van der Waals surface area contributed by atoms with Crippen LogP contribution >= 0.6 is 0 Å². The van der Waals surface area contributed by atoms with Crippen LogP contribution in [0, 0.1) is 0 Å². The molecular weight excluding hydrogens is 192 g/mol. The number of aromatic nitrogens is 2. The van der Waals surface area contributed by atoms with Crippen LogP contribution in [-0.2, 0) is 6.54 Å². The Morgan fingerprint density at radius 3 is 3.27 bits per heavy atom. The van der Waals surface area contributed by atoms with E-state index in [1.54, 1.807) is 12.5 Å². The van der Waals surface area contributed by atoms with Crippen LogP contribution in [0.2, 0.25) is 0 Å². The topological polar surface area (TPSA) is 69.0 Å². The third kappa shape index (κ3) is 1.28. The van der Waals surface area contributed by atoms with Gasteiger partial charge in [-0.3, -0.25) is 0 Å². The van der Waals surface area contributed by atoms with Crippen molar-refractivity contribution < 1.29 is 4.42 Å². The van der Waals surface area contributed by atoms with Gasteiger partial charge in [0.05, 0.1) is 12.8 Å². The molecule has 0 aliphatic carbocycles. The highest BCUT2D eigenvalue weighted by atomic mass is 16.3. The van der Waals surface area contributed by atoms with Crippen LogP contribution < -0.4 is 11.1 Å². The SMILES string of the molecule is NC1=CNc2cc(-c3ccco3)nn2C1. The number of nitrogens with two attached hydrogens (primary N) is 1. The Labute approximate surface area is 86.2 Å². The Balaban J connectivity index is 2.02. The lowest BCUT2D eigenvalue weighted by Crippen LogP contribution is -2.17. The first-order valence-corrected chi connectivity index (χ1v) is 4.66. The van der Waals surface area contributed by atoms with E-state index < -0.39 is 0 Å². The molecule has 2 aromatic rings. The molecule has 0 unspecified atom stereocenters. The number of furan rings is 1. The average Bonchev–Trinajstić information content (AvgIpc) is 2.84. The van der Waals surface area contributed by atoms with Gasteiger partial charge in [0.15, 0.2) is 5.76 Å². The zero-order valence-corrected chi connectivity index (χ0v) is 7.97. The van der Waals surface area contributed by atoms with E-state index in [9.17, 15) is 0 Å². The fourth-order valence-corrected chi connectivity index (χ4v) is 1.58. The Hall–Kier alpha value is -2.17. The van der Waals surface area contributed by atoms with Crippen molar-refractivity contribution in [2.24, 2.45) is 5.73 Å². The summed E-state index contributed by atoms with van der Waals surface area (Å²) < 4.78 is 7.08. The lowest BCUT2D eigenvalue weighted by Gasteiger charge is -2.12. The van der Waals surface area contributed by atoms with Crippen molar-refractivity contribution in [2.45, 2.75) is 6.54 Å². The molecule has 5 nitrogen and oxygen atoms in total. The standard InChI is InChI=1S/C10H10N4O/c11-7-5-12-10-4-8(13-14(10)6-7)9-2-1-3-15-9/h1-5,12H,6,11H2. The molecule has 0 spiro atoms. The van der Waals surface area contributed by atoms with Gasteiger partial charge in [-0.25, -0.2) is 4.68 Å². The fraction of sp³-hybridized carbons (Fsp3) is 0.100. The van der Waals surface area contributed by atoms with Gasteiger partial charge in [0.25, 0.3) is 0 Å². The van der Waals surface area contributed by atoms with Crippen LogP contribution in [-0.4, -0.2) is 9.78 Å². The van der Waals surface area contributed by atoms with Crippen LogP contribution in [0.5, 0.6) is 0 Å². The minimum atomic E-state index is 0.614. The maximum atomic E-state index is 5.69. The second kappa shape index (κ2) is 2.91. The van der Waals surface area contributed by atoms with E-state index in [4.69, 9.17) is 10.2 Å². The molecule has 5 heteroatoms. The first kappa shape index (κ1) is 8.16. The van der Waals surface area contributed by atoms with Crippen molar-refractivity contribution >= 4 is 5.82 Å². The monoisotopic (exact) mass is 202 g/mol. The van der Waals surface area contributed by atoms with Gasteiger partial charge in [-0.1, -0.05) is 0 Å². The molecule has 76 valence electrons. The largest absolute Gasteiger partial charge is 0.463 e. The second-order valence-electron chi connectivity index (χ2n) is 3.41. The Morgan fingerprint density at radius 1 is 1.53 bits per heavy atom. The minimum absolute atomic E-state index is 0.614. The molecule has 2 aromatic heterocycles. The van der Waals surface area contributed by atoms with Gasteiger partial charge in [0.2, 0.25) is 0 Å². The molecule has 0 saturated carbocycles. The summed E-state index contributed by atoms with van der Waals surface area (Å²) >= 11 is 0. The van der Waals surface area contributed by atoms with Gasteiger partial charge in [-0.05, 0) is 12.1 Å². The van der Waals surface area contributed by atoms with Gasteiger partial charge in [0, 0.05) is 18.0 Å². The summed E-state index contributed by atoms with van der Waals surface area (Å²) in [5, 5.41) is 7.45. The summed E-state index contributed by atoms with van der Waals surface area (Å²) in [5.41, 5.74) is 7.26. The molecular formula is C10H10N4O. The van der Waals surface area contributed by atoms with E-state index in [-0.39, 0.29) is 0 Å². The van der Waals surface area contributed by atoms with Crippen molar-refractivity contribution in [3.05, 3.63) is 36.4 Å². The zero-order valence-electron chi connectivity index (χ0n) is 7.97. The first-order valence-electron chi connectivity index (χ1n) is 4.66. The molecule has 3 rings (SSSR count). The van der Waals surface area contributed by atoms with Gasteiger partial charge in [-0.15, -0.1) is 0 Å². The molecule has 1 aliphatic heterocycles. The number of fused-ring (bicyclic) bond motifs is 1. The molecule has 0 fully saturated rings. The Bertz CT molecular complexity index is 510. The minimum Gasteiger partial charge on any atom is -0.463 e. The average molecular weight is 202 g/mol. The van der Waals surface area contributed by atoms with Gasteiger partial charge in [-0.2, -0.15) is 5.10 Å². The van der Waals surface area contributed by atoms with Gasteiger partial charge < -0.3 is 15.5 Å². The summed E-state index contributed by atoms with van der Waals surface area (Å²) in [6.07, 6.45) is 3.41. The molecule has 0 aromatic carbocycles. The van der Waals surface area contributed by atoms with E-state index in [2.05, 4.69) is 10.4 Å². The molecule has 3 heterocycles. The molecule has 0 amide bonds.